The van der Waals surface area contributed by atoms with Gasteiger partial charge in [-0.05, 0) is 55.7 Å². The fraction of sp³-hybridized carbons (Fsp3) is 0.550. The molecule has 27 heavy (non-hydrogen) atoms. The summed E-state index contributed by atoms with van der Waals surface area (Å²) in [7, 11) is 0. The summed E-state index contributed by atoms with van der Waals surface area (Å²) in [6, 6.07) is 5.85. The summed E-state index contributed by atoms with van der Waals surface area (Å²) < 4.78 is 13.8. The normalized spacial score (nSPS) is 11.2. The maximum absolute atomic E-state index is 5.91. The molecule has 148 valence electrons. The van der Waals surface area contributed by atoms with Gasteiger partial charge in [-0.1, -0.05) is 33.1 Å². The van der Waals surface area contributed by atoms with Crippen LogP contribution in [0.4, 0.5) is 0 Å². The van der Waals surface area contributed by atoms with Crippen LogP contribution in [0.2, 0.25) is 0 Å². The average molecular weight is 391 g/mol. The predicted octanol–water partition coefficient (Wildman–Crippen LogP) is 5.13. The van der Waals surface area contributed by atoms with E-state index in [4.69, 9.17) is 21.7 Å². The Morgan fingerprint density at radius 2 is 1.96 bits per heavy atom. The Balaban J connectivity index is 2.10. The lowest BCUT2D eigenvalue weighted by Crippen LogP contribution is -2.02. The van der Waals surface area contributed by atoms with Crippen LogP contribution in [0, 0.1) is 4.77 Å². The van der Waals surface area contributed by atoms with E-state index in [-0.39, 0.29) is 0 Å². The molecule has 7 heteroatoms. The standard InChI is InChI=1S/C20H30N4O2S/c1-4-7-8-9-13-26-17-12-11-16(14-18(17)25-6-3)15-21-24-19(10-5-2)22-23-20(24)27/h11-12,14-15H,4-10,13H2,1-3H3,(H,23,27)/b21-15+. The third-order valence-electron chi connectivity index (χ3n) is 4.04. The summed E-state index contributed by atoms with van der Waals surface area (Å²) in [4.78, 5) is 0. The Bertz CT molecular complexity index is 783. The molecule has 0 aliphatic carbocycles. The van der Waals surface area contributed by atoms with E-state index in [1.165, 1.54) is 19.3 Å². The van der Waals surface area contributed by atoms with Gasteiger partial charge in [0, 0.05) is 6.42 Å². The molecule has 0 saturated carbocycles. The number of aromatic amines is 1. The van der Waals surface area contributed by atoms with E-state index in [0.29, 0.717) is 18.0 Å². The number of aromatic nitrogens is 3. The molecule has 2 aromatic rings. The highest BCUT2D eigenvalue weighted by Crippen LogP contribution is 2.28. The molecule has 2 rings (SSSR count). The zero-order valence-electron chi connectivity index (χ0n) is 16.5. The van der Waals surface area contributed by atoms with E-state index in [1.807, 2.05) is 25.1 Å². The molecule has 0 bridgehead atoms. The van der Waals surface area contributed by atoms with E-state index < -0.39 is 0 Å². The summed E-state index contributed by atoms with van der Waals surface area (Å²) in [5, 5.41) is 11.5. The second-order valence-corrected chi connectivity index (χ2v) is 6.69. The molecular weight excluding hydrogens is 360 g/mol. The second-order valence-electron chi connectivity index (χ2n) is 6.30. The molecule has 0 saturated heterocycles. The van der Waals surface area contributed by atoms with Crippen LogP contribution in [0.5, 0.6) is 11.5 Å². The van der Waals surface area contributed by atoms with Gasteiger partial charge in [0.25, 0.3) is 0 Å². The Morgan fingerprint density at radius 1 is 1.11 bits per heavy atom. The van der Waals surface area contributed by atoms with Crippen LogP contribution in [-0.4, -0.2) is 34.3 Å². The summed E-state index contributed by atoms with van der Waals surface area (Å²) in [5.41, 5.74) is 0.919. The van der Waals surface area contributed by atoms with Crippen molar-refractivity contribution in [3.05, 3.63) is 34.4 Å². The Morgan fingerprint density at radius 3 is 2.70 bits per heavy atom. The zero-order valence-corrected chi connectivity index (χ0v) is 17.3. The lowest BCUT2D eigenvalue weighted by atomic mass is 10.2. The van der Waals surface area contributed by atoms with Gasteiger partial charge in [0.2, 0.25) is 4.77 Å². The first-order valence-corrected chi connectivity index (χ1v) is 10.2. The van der Waals surface area contributed by atoms with Crippen molar-refractivity contribution in [1.29, 1.82) is 0 Å². The minimum absolute atomic E-state index is 0.492. The number of benzene rings is 1. The van der Waals surface area contributed by atoms with Crippen molar-refractivity contribution >= 4 is 18.4 Å². The monoisotopic (exact) mass is 390 g/mol. The molecular formula is C20H30N4O2S. The van der Waals surface area contributed by atoms with Crippen molar-refractivity contribution < 1.29 is 9.47 Å². The summed E-state index contributed by atoms with van der Waals surface area (Å²) in [6.07, 6.45) is 8.27. The molecule has 1 N–H and O–H groups in total. The first-order valence-electron chi connectivity index (χ1n) is 9.79. The van der Waals surface area contributed by atoms with E-state index in [0.717, 1.165) is 42.1 Å². The van der Waals surface area contributed by atoms with Gasteiger partial charge in [0.1, 0.15) is 0 Å². The molecule has 0 radical (unpaired) electrons. The number of H-pyrrole nitrogens is 1. The maximum Gasteiger partial charge on any atom is 0.216 e. The largest absolute Gasteiger partial charge is 0.490 e. The van der Waals surface area contributed by atoms with Crippen molar-refractivity contribution in [2.75, 3.05) is 13.2 Å². The fourth-order valence-corrected chi connectivity index (χ4v) is 2.85. The van der Waals surface area contributed by atoms with Crippen LogP contribution in [0.3, 0.4) is 0 Å². The third-order valence-corrected chi connectivity index (χ3v) is 4.30. The van der Waals surface area contributed by atoms with E-state index >= 15 is 0 Å². The van der Waals surface area contributed by atoms with Crippen molar-refractivity contribution in [1.82, 2.24) is 14.9 Å². The van der Waals surface area contributed by atoms with Crippen LogP contribution in [0.25, 0.3) is 0 Å². The Labute approximate surface area is 166 Å². The first kappa shape index (κ1) is 21.2. The fourth-order valence-electron chi connectivity index (χ4n) is 2.66. The van der Waals surface area contributed by atoms with Crippen LogP contribution in [-0.2, 0) is 6.42 Å². The highest BCUT2D eigenvalue weighted by Gasteiger charge is 2.07. The zero-order chi connectivity index (χ0) is 19.5. The molecule has 1 aromatic heterocycles. The molecule has 1 heterocycles. The molecule has 0 aliphatic rings. The van der Waals surface area contributed by atoms with E-state index in [1.54, 1.807) is 10.9 Å². The number of hydrogen-bond donors (Lipinski definition) is 1. The number of aryl methyl sites for hydroxylation is 1. The van der Waals surface area contributed by atoms with Crippen molar-refractivity contribution in [2.24, 2.45) is 5.10 Å². The van der Waals surface area contributed by atoms with Crippen LogP contribution in [0.1, 0.15) is 64.3 Å². The summed E-state index contributed by atoms with van der Waals surface area (Å²) in [6.45, 7) is 7.56. The van der Waals surface area contributed by atoms with Crippen LogP contribution >= 0.6 is 12.2 Å². The topological polar surface area (TPSA) is 64.4 Å². The van der Waals surface area contributed by atoms with Gasteiger partial charge in [-0.25, -0.2) is 0 Å². The smallest absolute Gasteiger partial charge is 0.216 e. The van der Waals surface area contributed by atoms with Crippen LogP contribution < -0.4 is 9.47 Å². The minimum atomic E-state index is 0.492. The molecule has 0 aliphatic heterocycles. The van der Waals surface area contributed by atoms with Gasteiger partial charge in [0.15, 0.2) is 17.3 Å². The Kier molecular flexibility index (Phi) is 9.04. The maximum atomic E-state index is 5.91. The van der Waals surface area contributed by atoms with Gasteiger partial charge >= 0.3 is 0 Å². The van der Waals surface area contributed by atoms with Gasteiger partial charge < -0.3 is 9.47 Å². The van der Waals surface area contributed by atoms with Gasteiger partial charge in [0.05, 0.1) is 19.4 Å². The molecule has 6 nitrogen and oxygen atoms in total. The Hall–Kier alpha value is -2.15. The average Bonchev–Trinajstić information content (AvgIpc) is 3.01. The minimum Gasteiger partial charge on any atom is -0.490 e. The van der Waals surface area contributed by atoms with E-state index in [9.17, 15) is 0 Å². The SMILES string of the molecule is CCCCCCOc1ccc(/C=N/n2c(CCC)n[nH]c2=S)cc1OCC. The highest BCUT2D eigenvalue weighted by atomic mass is 32.1. The van der Waals surface area contributed by atoms with Crippen molar-refractivity contribution in [3.8, 4) is 11.5 Å². The van der Waals surface area contributed by atoms with E-state index in [2.05, 4.69) is 29.1 Å². The molecule has 0 unspecified atom stereocenters. The predicted molar refractivity (Wildman–Crippen MR) is 112 cm³/mol. The second kappa shape index (κ2) is 11.5. The number of nitrogens with zero attached hydrogens (tertiary/aromatic N) is 3. The third kappa shape index (κ3) is 6.50. The summed E-state index contributed by atoms with van der Waals surface area (Å²) in [5.74, 6) is 2.34. The molecule has 0 amide bonds. The number of rotatable bonds is 12. The quantitative estimate of drug-likeness (QED) is 0.310. The lowest BCUT2D eigenvalue weighted by Gasteiger charge is -2.12. The molecule has 1 aromatic carbocycles. The molecule has 0 spiro atoms. The number of ether oxygens (including phenoxy) is 2. The van der Waals surface area contributed by atoms with Gasteiger partial charge in [-0.15, -0.1) is 0 Å². The van der Waals surface area contributed by atoms with Gasteiger partial charge in [-0.2, -0.15) is 14.9 Å². The number of unbranched alkanes of at least 4 members (excludes halogenated alkanes) is 3. The number of nitrogens with one attached hydrogen (secondary N) is 1. The van der Waals surface area contributed by atoms with Crippen molar-refractivity contribution in [2.45, 2.75) is 59.3 Å². The van der Waals surface area contributed by atoms with Crippen molar-refractivity contribution in [3.63, 3.8) is 0 Å². The first-order chi connectivity index (χ1) is 13.2. The lowest BCUT2D eigenvalue weighted by molar-refractivity contribution is 0.270. The van der Waals surface area contributed by atoms with Gasteiger partial charge in [-0.3, -0.25) is 5.10 Å². The summed E-state index contributed by atoms with van der Waals surface area (Å²) >= 11 is 5.26. The van der Waals surface area contributed by atoms with Crippen LogP contribution in [0.15, 0.2) is 23.3 Å². The highest BCUT2D eigenvalue weighted by molar-refractivity contribution is 7.71. The number of hydrogen-bond acceptors (Lipinski definition) is 5. The molecule has 0 atom stereocenters. The molecule has 0 fully saturated rings.